The Morgan fingerprint density at radius 1 is 1.42 bits per heavy atom. The van der Waals surface area contributed by atoms with Crippen LogP contribution in [0.3, 0.4) is 0 Å². The van der Waals surface area contributed by atoms with E-state index in [-0.39, 0.29) is 5.91 Å². The Hall–Kier alpha value is -1.62. The van der Waals surface area contributed by atoms with Crippen molar-refractivity contribution in [2.75, 3.05) is 31.6 Å². The van der Waals surface area contributed by atoms with Gasteiger partial charge in [0.2, 0.25) is 5.91 Å². The first-order valence-corrected chi connectivity index (χ1v) is 6.74. The minimum Gasteiger partial charge on any atom is -0.345 e. The SMILES string of the molecule is CC(C)NCc1cccnc1N1CCN(C)C(=O)C1. The van der Waals surface area contributed by atoms with E-state index in [2.05, 4.69) is 35.1 Å². The van der Waals surface area contributed by atoms with E-state index < -0.39 is 0 Å². The van der Waals surface area contributed by atoms with Crippen molar-refractivity contribution in [3.8, 4) is 0 Å². The fourth-order valence-electron chi connectivity index (χ4n) is 2.11. The van der Waals surface area contributed by atoms with Gasteiger partial charge in [-0.25, -0.2) is 4.98 Å². The monoisotopic (exact) mass is 262 g/mol. The van der Waals surface area contributed by atoms with Crippen molar-refractivity contribution < 1.29 is 4.79 Å². The normalized spacial score (nSPS) is 16.3. The van der Waals surface area contributed by atoms with Crippen LogP contribution in [0.25, 0.3) is 0 Å². The molecule has 1 amide bonds. The quantitative estimate of drug-likeness (QED) is 0.874. The largest absolute Gasteiger partial charge is 0.345 e. The number of piperazine rings is 1. The molecular formula is C14H22N4O. The summed E-state index contributed by atoms with van der Waals surface area (Å²) in [7, 11) is 1.85. The van der Waals surface area contributed by atoms with Gasteiger partial charge in [0.25, 0.3) is 0 Å². The summed E-state index contributed by atoms with van der Waals surface area (Å²) in [5.74, 6) is 1.08. The molecule has 1 saturated heterocycles. The third kappa shape index (κ3) is 3.44. The number of nitrogens with one attached hydrogen (secondary N) is 1. The number of hydrogen-bond donors (Lipinski definition) is 1. The van der Waals surface area contributed by atoms with Gasteiger partial charge < -0.3 is 15.1 Å². The molecule has 1 N–H and O–H groups in total. The fraction of sp³-hybridized carbons (Fsp3) is 0.571. The van der Waals surface area contributed by atoms with Gasteiger partial charge in [-0.15, -0.1) is 0 Å². The first kappa shape index (κ1) is 13.8. The molecule has 5 heteroatoms. The Kier molecular flexibility index (Phi) is 4.37. The second-order valence-corrected chi connectivity index (χ2v) is 5.26. The molecule has 1 fully saturated rings. The molecule has 0 aliphatic carbocycles. The van der Waals surface area contributed by atoms with Gasteiger partial charge in [-0.3, -0.25) is 4.79 Å². The van der Waals surface area contributed by atoms with Gasteiger partial charge in [0, 0.05) is 44.5 Å². The number of nitrogens with zero attached hydrogens (tertiary/aromatic N) is 3. The van der Waals surface area contributed by atoms with E-state index in [0.717, 1.165) is 31.0 Å². The van der Waals surface area contributed by atoms with Crippen LogP contribution in [0.1, 0.15) is 19.4 Å². The number of rotatable bonds is 4. The Bertz CT molecular complexity index is 447. The third-order valence-electron chi connectivity index (χ3n) is 3.33. The van der Waals surface area contributed by atoms with E-state index in [1.165, 1.54) is 0 Å². The average Bonchev–Trinajstić information content (AvgIpc) is 2.40. The maximum atomic E-state index is 11.8. The zero-order valence-electron chi connectivity index (χ0n) is 11.9. The van der Waals surface area contributed by atoms with Crippen LogP contribution in [0.4, 0.5) is 5.82 Å². The molecule has 1 aliphatic rings. The van der Waals surface area contributed by atoms with Gasteiger partial charge in [0.05, 0.1) is 6.54 Å². The van der Waals surface area contributed by atoms with Crippen molar-refractivity contribution in [1.82, 2.24) is 15.2 Å². The molecule has 1 aliphatic heterocycles. The molecule has 1 aromatic heterocycles. The van der Waals surface area contributed by atoms with Crippen LogP contribution < -0.4 is 10.2 Å². The minimum absolute atomic E-state index is 0.152. The number of carbonyl (C=O) groups excluding carboxylic acids is 1. The van der Waals surface area contributed by atoms with E-state index in [0.29, 0.717) is 12.6 Å². The van der Waals surface area contributed by atoms with Crippen molar-refractivity contribution >= 4 is 11.7 Å². The molecule has 1 aromatic rings. The van der Waals surface area contributed by atoms with Gasteiger partial charge in [0.15, 0.2) is 0 Å². The van der Waals surface area contributed by atoms with E-state index in [1.54, 1.807) is 11.1 Å². The summed E-state index contributed by atoms with van der Waals surface area (Å²) in [6, 6.07) is 4.45. The lowest BCUT2D eigenvalue weighted by atomic mass is 10.2. The zero-order valence-corrected chi connectivity index (χ0v) is 11.9. The van der Waals surface area contributed by atoms with Crippen molar-refractivity contribution in [2.45, 2.75) is 26.4 Å². The number of carbonyl (C=O) groups is 1. The molecule has 0 radical (unpaired) electrons. The number of amides is 1. The standard InChI is InChI=1S/C14H22N4O/c1-11(2)16-9-12-5-4-6-15-14(12)18-8-7-17(3)13(19)10-18/h4-6,11,16H,7-10H2,1-3H3. The summed E-state index contributed by atoms with van der Waals surface area (Å²) in [6.45, 7) is 7.04. The summed E-state index contributed by atoms with van der Waals surface area (Å²) in [4.78, 5) is 20.1. The predicted molar refractivity (Wildman–Crippen MR) is 76.1 cm³/mol. The highest BCUT2D eigenvalue weighted by atomic mass is 16.2. The van der Waals surface area contributed by atoms with Crippen LogP contribution >= 0.6 is 0 Å². The highest BCUT2D eigenvalue weighted by Gasteiger charge is 2.23. The number of hydrogen-bond acceptors (Lipinski definition) is 4. The lowest BCUT2D eigenvalue weighted by Crippen LogP contribution is -2.49. The van der Waals surface area contributed by atoms with Crippen LogP contribution in [-0.4, -0.2) is 48.5 Å². The Labute approximate surface area is 114 Å². The molecule has 19 heavy (non-hydrogen) atoms. The van der Waals surface area contributed by atoms with Crippen molar-refractivity contribution in [2.24, 2.45) is 0 Å². The average molecular weight is 262 g/mol. The summed E-state index contributed by atoms with van der Waals surface area (Å²) >= 11 is 0. The summed E-state index contributed by atoms with van der Waals surface area (Å²) < 4.78 is 0. The molecule has 104 valence electrons. The van der Waals surface area contributed by atoms with Crippen LogP contribution in [0, 0.1) is 0 Å². The maximum absolute atomic E-state index is 11.8. The van der Waals surface area contributed by atoms with Crippen molar-refractivity contribution in [3.63, 3.8) is 0 Å². The maximum Gasteiger partial charge on any atom is 0.241 e. The molecule has 0 unspecified atom stereocenters. The number of likely N-dealkylation sites (N-methyl/N-ethyl adjacent to an activating group) is 1. The van der Waals surface area contributed by atoms with Gasteiger partial charge >= 0.3 is 0 Å². The lowest BCUT2D eigenvalue weighted by Gasteiger charge is -2.33. The molecule has 0 spiro atoms. The van der Waals surface area contributed by atoms with E-state index in [9.17, 15) is 4.79 Å². The minimum atomic E-state index is 0.152. The first-order chi connectivity index (χ1) is 9.08. The Morgan fingerprint density at radius 3 is 2.89 bits per heavy atom. The predicted octanol–water partition coefficient (Wildman–Crippen LogP) is 0.858. The van der Waals surface area contributed by atoms with E-state index in [4.69, 9.17) is 0 Å². The van der Waals surface area contributed by atoms with Crippen molar-refractivity contribution in [3.05, 3.63) is 23.9 Å². The number of pyridine rings is 1. The molecular weight excluding hydrogens is 240 g/mol. The molecule has 0 bridgehead atoms. The smallest absolute Gasteiger partial charge is 0.241 e. The number of anilines is 1. The van der Waals surface area contributed by atoms with Gasteiger partial charge in [-0.2, -0.15) is 0 Å². The summed E-state index contributed by atoms with van der Waals surface area (Å²) in [5.41, 5.74) is 1.15. The highest BCUT2D eigenvalue weighted by Crippen LogP contribution is 2.19. The van der Waals surface area contributed by atoms with E-state index >= 15 is 0 Å². The van der Waals surface area contributed by atoms with Crippen LogP contribution in [0.5, 0.6) is 0 Å². The molecule has 0 saturated carbocycles. The van der Waals surface area contributed by atoms with Crippen LogP contribution in [-0.2, 0) is 11.3 Å². The molecule has 2 heterocycles. The van der Waals surface area contributed by atoms with Gasteiger partial charge in [0.1, 0.15) is 5.82 Å². The zero-order chi connectivity index (χ0) is 13.8. The van der Waals surface area contributed by atoms with Crippen LogP contribution in [0.15, 0.2) is 18.3 Å². The fourth-order valence-corrected chi connectivity index (χ4v) is 2.11. The first-order valence-electron chi connectivity index (χ1n) is 6.74. The lowest BCUT2D eigenvalue weighted by molar-refractivity contribution is -0.129. The Balaban J connectivity index is 2.13. The topological polar surface area (TPSA) is 48.5 Å². The number of aromatic nitrogens is 1. The van der Waals surface area contributed by atoms with Gasteiger partial charge in [-0.05, 0) is 6.07 Å². The molecule has 5 nitrogen and oxygen atoms in total. The second-order valence-electron chi connectivity index (χ2n) is 5.26. The summed E-state index contributed by atoms with van der Waals surface area (Å²) in [6.07, 6.45) is 1.79. The van der Waals surface area contributed by atoms with Crippen molar-refractivity contribution in [1.29, 1.82) is 0 Å². The molecule has 0 atom stereocenters. The Morgan fingerprint density at radius 2 is 2.21 bits per heavy atom. The van der Waals surface area contributed by atoms with Gasteiger partial charge in [-0.1, -0.05) is 19.9 Å². The highest BCUT2D eigenvalue weighted by molar-refractivity contribution is 5.82. The molecule has 2 rings (SSSR count). The third-order valence-corrected chi connectivity index (χ3v) is 3.33. The van der Waals surface area contributed by atoms with E-state index in [1.807, 2.05) is 13.1 Å². The van der Waals surface area contributed by atoms with Crippen LogP contribution in [0.2, 0.25) is 0 Å². The molecule has 0 aromatic carbocycles. The summed E-state index contributed by atoms with van der Waals surface area (Å²) in [5, 5.41) is 3.40. The second kappa shape index (κ2) is 6.02.